The third kappa shape index (κ3) is 8.71. The van der Waals surface area contributed by atoms with Crippen LogP contribution in [-0.2, 0) is 30.9 Å². The Morgan fingerprint density at radius 2 is 0.906 bits per heavy atom. The summed E-state index contributed by atoms with van der Waals surface area (Å²) in [7, 11) is -8.40. The summed E-state index contributed by atoms with van der Waals surface area (Å²) >= 11 is 2.76. The summed E-state index contributed by atoms with van der Waals surface area (Å²) in [5.74, 6) is 0.879. The van der Waals surface area contributed by atoms with E-state index in [1.807, 2.05) is 79.7 Å². The van der Waals surface area contributed by atoms with E-state index in [0.29, 0.717) is 43.8 Å². The van der Waals surface area contributed by atoms with Gasteiger partial charge in [-0.1, -0.05) is 76.9 Å². The molecule has 0 bridgehead atoms. The minimum atomic E-state index is -4.20. The number of benzene rings is 4. The fraction of sp³-hybridized carbons (Fsp3) is 0.366. The van der Waals surface area contributed by atoms with Gasteiger partial charge in [0.2, 0.25) is 0 Å². The van der Waals surface area contributed by atoms with Crippen molar-refractivity contribution in [2.75, 3.05) is 33.2 Å². The fourth-order valence-corrected chi connectivity index (χ4v) is 11.4. The second kappa shape index (κ2) is 15.6. The van der Waals surface area contributed by atoms with E-state index in [2.05, 4.69) is 0 Å². The van der Waals surface area contributed by atoms with Crippen molar-refractivity contribution in [3.05, 3.63) is 106 Å². The Bertz CT molecular complexity index is 2060. The summed E-state index contributed by atoms with van der Waals surface area (Å²) < 4.78 is 61.6. The molecule has 0 unspecified atom stereocenters. The van der Waals surface area contributed by atoms with Crippen LogP contribution in [0.4, 0.5) is 11.4 Å². The topological polar surface area (TPSA) is 109 Å². The van der Waals surface area contributed by atoms with Gasteiger partial charge >= 0.3 is 0 Å². The van der Waals surface area contributed by atoms with E-state index in [1.165, 1.54) is 32.1 Å². The van der Waals surface area contributed by atoms with Crippen molar-refractivity contribution in [3.8, 4) is 0 Å². The Morgan fingerprint density at radius 1 is 0.566 bits per heavy atom. The highest BCUT2D eigenvalue weighted by molar-refractivity contribution is 8.03. The molecule has 282 valence electrons. The van der Waals surface area contributed by atoms with E-state index in [1.54, 1.807) is 48.5 Å². The second-order valence-electron chi connectivity index (χ2n) is 15.4. The number of thioether (sulfide) groups is 2. The Hall–Kier alpha value is -3.58. The molecule has 0 aromatic heterocycles. The van der Waals surface area contributed by atoms with Gasteiger partial charge in [-0.25, -0.2) is 16.8 Å². The van der Waals surface area contributed by atoms with Crippen molar-refractivity contribution >= 4 is 67.5 Å². The summed E-state index contributed by atoms with van der Waals surface area (Å²) in [6.07, 6.45) is 1.64. The second-order valence-corrected chi connectivity index (χ2v) is 21.3. The van der Waals surface area contributed by atoms with Crippen LogP contribution in [0.25, 0.3) is 0 Å². The number of carbonyl (C=O) groups excluding carboxylic acids is 2. The van der Waals surface area contributed by atoms with Gasteiger partial charge in [0, 0.05) is 45.5 Å². The first-order valence-electron chi connectivity index (χ1n) is 17.5. The van der Waals surface area contributed by atoms with E-state index in [0.717, 1.165) is 34.8 Å². The van der Waals surface area contributed by atoms with Gasteiger partial charge in [-0.3, -0.25) is 18.2 Å². The standard InChI is InChI=1S/C41H48N2O6S4/c1-28-10-14-34(15-11-28)52(46,47)42-18-9-19-43(53(48,49)35-16-12-29(2)13-17-35)37-25-33(41(6,7)8)23-31(27-45)39(37)51-21-20-50-38-30(26-44)22-32(24-36(38)42)40(3,4)5/h10-17,22-27H,9,18-21H2,1-8H3. The summed E-state index contributed by atoms with van der Waals surface area (Å²) in [6.45, 7) is 15.6. The molecule has 0 aliphatic carbocycles. The lowest BCUT2D eigenvalue weighted by atomic mass is 9.86. The van der Waals surface area contributed by atoms with E-state index in [4.69, 9.17) is 0 Å². The molecular formula is C41H48N2O6S4. The van der Waals surface area contributed by atoms with E-state index >= 15 is 0 Å². The van der Waals surface area contributed by atoms with E-state index < -0.39 is 30.9 Å². The molecular weight excluding hydrogens is 745 g/mol. The molecule has 1 aliphatic heterocycles. The summed E-state index contributed by atoms with van der Waals surface area (Å²) in [5, 5.41) is 0. The molecule has 0 spiro atoms. The van der Waals surface area contributed by atoms with Crippen LogP contribution >= 0.6 is 23.5 Å². The minimum absolute atomic E-state index is 0.0858. The largest absolute Gasteiger partial charge is 0.298 e. The number of aryl methyl sites for hydroxylation is 2. The Kier molecular flexibility index (Phi) is 12.0. The Morgan fingerprint density at radius 3 is 1.21 bits per heavy atom. The van der Waals surface area contributed by atoms with E-state index in [9.17, 15) is 26.4 Å². The first kappa shape index (κ1) is 40.6. The average Bonchev–Trinajstić information content (AvgIpc) is 3.10. The predicted molar refractivity (Wildman–Crippen MR) is 219 cm³/mol. The fourth-order valence-electron chi connectivity index (χ4n) is 6.06. The van der Waals surface area contributed by atoms with Crippen LogP contribution in [0.5, 0.6) is 0 Å². The highest BCUT2D eigenvalue weighted by Gasteiger charge is 2.34. The smallest absolute Gasteiger partial charge is 0.264 e. The highest BCUT2D eigenvalue weighted by atomic mass is 32.2. The molecule has 0 N–H and O–H groups in total. The number of nitrogens with zero attached hydrogens (tertiary/aromatic N) is 2. The molecule has 0 atom stereocenters. The maximum atomic E-state index is 14.7. The Balaban J connectivity index is 1.77. The van der Waals surface area contributed by atoms with Crippen LogP contribution in [0.15, 0.2) is 92.4 Å². The lowest BCUT2D eigenvalue weighted by Crippen LogP contribution is -2.37. The number of carbonyl (C=O) groups is 2. The first-order valence-corrected chi connectivity index (χ1v) is 22.4. The molecule has 0 radical (unpaired) electrons. The van der Waals surface area contributed by atoms with Gasteiger partial charge in [-0.2, -0.15) is 0 Å². The molecule has 4 aromatic carbocycles. The number of hydrogen-bond donors (Lipinski definition) is 0. The normalized spacial score (nSPS) is 15.0. The molecule has 0 amide bonds. The van der Waals surface area contributed by atoms with Gasteiger partial charge in [0.1, 0.15) is 0 Å². The van der Waals surface area contributed by atoms with Gasteiger partial charge in [0.15, 0.2) is 12.6 Å². The summed E-state index contributed by atoms with van der Waals surface area (Å²) in [5.41, 5.74) is 4.09. The van der Waals surface area contributed by atoms with Crippen LogP contribution in [0.3, 0.4) is 0 Å². The number of anilines is 2. The van der Waals surface area contributed by atoms with Crippen molar-refractivity contribution in [2.45, 2.75) is 92.2 Å². The van der Waals surface area contributed by atoms with Crippen molar-refractivity contribution in [1.82, 2.24) is 0 Å². The van der Waals surface area contributed by atoms with Crippen molar-refractivity contribution < 1.29 is 26.4 Å². The van der Waals surface area contributed by atoms with E-state index in [-0.39, 0.29) is 29.3 Å². The van der Waals surface area contributed by atoms with Crippen LogP contribution in [0, 0.1) is 13.8 Å². The molecule has 5 rings (SSSR count). The number of aldehydes is 2. The first-order chi connectivity index (χ1) is 24.8. The van der Waals surface area contributed by atoms with Crippen LogP contribution in [-0.4, -0.2) is 54.0 Å². The quantitative estimate of drug-likeness (QED) is 0.178. The maximum absolute atomic E-state index is 14.7. The van der Waals surface area contributed by atoms with Crippen molar-refractivity contribution in [1.29, 1.82) is 0 Å². The van der Waals surface area contributed by atoms with Gasteiger partial charge in [-0.15, -0.1) is 23.5 Å². The lowest BCUT2D eigenvalue weighted by molar-refractivity contribution is 0.111. The van der Waals surface area contributed by atoms with Gasteiger partial charge in [-0.05, 0) is 90.8 Å². The molecule has 8 nitrogen and oxygen atoms in total. The van der Waals surface area contributed by atoms with Crippen LogP contribution in [0.2, 0.25) is 0 Å². The zero-order chi connectivity index (χ0) is 38.9. The molecule has 1 aliphatic rings. The molecule has 0 fully saturated rings. The molecule has 4 aromatic rings. The third-order valence-electron chi connectivity index (χ3n) is 9.24. The van der Waals surface area contributed by atoms with Gasteiger partial charge < -0.3 is 0 Å². The zero-order valence-electron chi connectivity index (χ0n) is 31.6. The van der Waals surface area contributed by atoms with Crippen LogP contribution in [0.1, 0.15) is 90.9 Å². The highest BCUT2D eigenvalue weighted by Crippen LogP contribution is 2.44. The molecule has 1 heterocycles. The lowest BCUT2D eigenvalue weighted by Gasteiger charge is -2.32. The zero-order valence-corrected chi connectivity index (χ0v) is 34.9. The maximum Gasteiger partial charge on any atom is 0.264 e. The number of fused-ring (bicyclic) bond motifs is 2. The van der Waals surface area contributed by atoms with Crippen LogP contribution < -0.4 is 8.61 Å². The number of rotatable bonds is 6. The summed E-state index contributed by atoms with van der Waals surface area (Å²) in [4.78, 5) is 26.7. The van der Waals surface area contributed by atoms with Crippen molar-refractivity contribution in [3.63, 3.8) is 0 Å². The Labute approximate surface area is 323 Å². The van der Waals surface area contributed by atoms with Crippen molar-refractivity contribution in [2.24, 2.45) is 0 Å². The molecule has 0 saturated carbocycles. The number of sulfonamides is 2. The predicted octanol–water partition coefficient (Wildman–Crippen LogP) is 9.20. The molecule has 0 saturated heterocycles. The monoisotopic (exact) mass is 792 g/mol. The van der Waals surface area contributed by atoms with Gasteiger partial charge in [0.05, 0.1) is 21.2 Å². The third-order valence-corrected chi connectivity index (χ3v) is 15.4. The summed E-state index contributed by atoms with van der Waals surface area (Å²) in [6, 6.07) is 20.6. The van der Waals surface area contributed by atoms with Gasteiger partial charge in [0.25, 0.3) is 20.0 Å². The SMILES string of the molecule is Cc1ccc(S(=O)(=O)N2CCCN(S(=O)(=O)c3ccc(C)cc3)c3cc(C(C)(C)C)cc(C=O)c3SCCSc3c(C=O)cc(C(C)(C)C)cc32)cc1. The minimum Gasteiger partial charge on any atom is -0.298 e. The molecule has 53 heavy (non-hydrogen) atoms. The number of hydrogen-bond acceptors (Lipinski definition) is 8. The average molecular weight is 793 g/mol. The molecule has 12 heteroatoms.